The minimum absolute atomic E-state index is 0.280. The molecule has 0 fully saturated rings. The first-order valence-corrected chi connectivity index (χ1v) is 8.30. The van der Waals surface area contributed by atoms with E-state index in [1.54, 1.807) is 26.5 Å². The average molecular weight is 364 g/mol. The SMILES string of the molecule is COc1ccc(-c2cnc3n[nH]c(-c4ccc(F)cc4C)c3n2)cc1OC. The van der Waals surface area contributed by atoms with Gasteiger partial charge in [0.1, 0.15) is 11.3 Å². The highest BCUT2D eigenvalue weighted by Crippen LogP contribution is 2.33. The molecule has 1 N–H and O–H groups in total. The monoisotopic (exact) mass is 364 g/mol. The molecule has 7 heteroatoms. The van der Waals surface area contributed by atoms with Gasteiger partial charge in [-0.15, -0.1) is 0 Å². The number of nitrogens with zero attached hydrogens (tertiary/aromatic N) is 3. The maximum atomic E-state index is 13.4. The Labute approximate surface area is 155 Å². The fourth-order valence-corrected chi connectivity index (χ4v) is 3.02. The molecule has 2 aromatic heterocycles. The Balaban J connectivity index is 1.85. The molecular formula is C20H17FN4O2. The van der Waals surface area contributed by atoms with Crippen LogP contribution in [0.1, 0.15) is 5.56 Å². The van der Waals surface area contributed by atoms with Crippen molar-refractivity contribution in [3.8, 4) is 34.0 Å². The van der Waals surface area contributed by atoms with Crippen LogP contribution in [-0.2, 0) is 0 Å². The van der Waals surface area contributed by atoms with E-state index < -0.39 is 0 Å². The molecule has 0 bridgehead atoms. The van der Waals surface area contributed by atoms with E-state index in [9.17, 15) is 4.39 Å². The standard InChI is InChI=1S/C20H17FN4O2/c1-11-8-13(21)5-6-14(11)18-19-20(25-24-18)22-10-15(23-19)12-4-7-16(26-2)17(9-12)27-3/h4-10H,1-3H3,(H,22,24,25). The van der Waals surface area contributed by atoms with Crippen molar-refractivity contribution in [1.29, 1.82) is 0 Å². The predicted molar refractivity (Wildman–Crippen MR) is 100 cm³/mol. The Morgan fingerprint density at radius 3 is 2.56 bits per heavy atom. The number of nitrogens with one attached hydrogen (secondary N) is 1. The Morgan fingerprint density at radius 1 is 1.00 bits per heavy atom. The van der Waals surface area contributed by atoms with Crippen LogP contribution >= 0.6 is 0 Å². The van der Waals surface area contributed by atoms with Gasteiger partial charge in [-0.2, -0.15) is 5.10 Å². The lowest BCUT2D eigenvalue weighted by molar-refractivity contribution is 0.355. The number of hydrogen-bond acceptors (Lipinski definition) is 5. The molecule has 27 heavy (non-hydrogen) atoms. The van der Waals surface area contributed by atoms with Gasteiger partial charge in [0.15, 0.2) is 17.1 Å². The van der Waals surface area contributed by atoms with Gasteiger partial charge in [0, 0.05) is 11.1 Å². The fraction of sp³-hybridized carbons (Fsp3) is 0.150. The number of methoxy groups -OCH3 is 2. The van der Waals surface area contributed by atoms with Crippen molar-refractivity contribution in [3.63, 3.8) is 0 Å². The van der Waals surface area contributed by atoms with E-state index in [-0.39, 0.29) is 5.82 Å². The van der Waals surface area contributed by atoms with Gasteiger partial charge < -0.3 is 9.47 Å². The lowest BCUT2D eigenvalue weighted by Gasteiger charge is -2.09. The molecular weight excluding hydrogens is 347 g/mol. The van der Waals surface area contributed by atoms with Gasteiger partial charge in [0.05, 0.1) is 31.8 Å². The quantitative estimate of drug-likeness (QED) is 0.589. The van der Waals surface area contributed by atoms with Crippen LogP contribution in [0.5, 0.6) is 11.5 Å². The van der Waals surface area contributed by atoms with E-state index in [0.717, 1.165) is 16.7 Å². The molecule has 6 nitrogen and oxygen atoms in total. The molecule has 0 aliphatic heterocycles. The molecule has 0 saturated heterocycles. The third-order valence-corrected chi connectivity index (χ3v) is 4.40. The molecule has 0 atom stereocenters. The van der Waals surface area contributed by atoms with Crippen molar-refractivity contribution in [3.05, 3.63) is 54.0 Å². The Bertz CT molecular complexity index is 1140. The van der Waals surface area contributed by atoms with Gasteiger partial charge >= 0.3 is 0 Å². The number of hydrogen-bond donors (Lipinski definition) is 1. The Hall–Kier alpha value is -3.48. The van der Waals surface area contributed by atoms with E-state index in [1.807, 2.05) is 25.1 Å². The maximum Gasteiger partial charge on any atom is 0.200 e. The molecule has 2 heterocycles. The first kappa shape index (κ1) is 17.0. The second kappa shape index (κ2) is 6.68. The number of halogens is 1. The summed E-state index contributed by atoms with van der Waals surface area (Å²) < 4.78 is 24.1. The number of aromatic nitrogens is 4. The summed E-state index contributed by atoms with van der Waals surface area (Å²) in [6.07, 6.45) is 1.66. The summed E-state index contributed by atoms with van der Waals surface area (Å²) in [6.45, 7) is 1.84. The second-order valence-corrected chi connectivity index (χ2v) is 6.06. The highest BCUT2D eigenvalue weighted by atomic mass is 19.1. The zero-order valence-corrected chi connectivity index (χ0v) is 15.1. The molecule has 0 radical (unpaired) electrons. The van der Waals surface area contributed by atoms with Crippen LogP contribution in [0.25, 0.3) is 33.7 Å². The number of fused-ring (bicyclic) bond motifs is 1. The molecule has 0 unspecified atom stereocenters. The first-order valence-electron chi connectivity index (χ1n) is 8.30. The van der Waals surface area contributed by atoms with Crippen molar-refractivity contribution in [2.45, 2.75) is 6.92 Å². The second-order valence-electron chi connectivity index (χ2n) is 6.06. The fourth-order valence-electron chi connectivity index (χ4n) is 3.02. The smallest absolute Gasteiger partial charge is 0.200 e. The summed E-state index contributed by atoms with van der Waals surface area (Å²) in [5.74, 6) is 0.970. The summed E-state index contributed by atoms with van der Waals surface area (Å²) in [7, 11) is 3.17. The summed E-state index contributed by atoms with van der Waals surface area (Å²) in [5, 5.41) is 7.19. The Kier molecular flexibility index (Phi) is 4.19. The van der Waals surface area contributed by atoms with Crippen molar-refractivity contribution in [2.24, 2.45) is 0 Å². The van der Waals surface area contributed by atoms with Gasteiger partial charge in [-0.3, -0.25) is 5.10 Å². The summed E-state index contributed by atoms with van der Waals surface area (Å²) in [4.78, 5) is 9.13. The third-order valence-electron chi connectivity index (χ3n) is 4.40. The molecule has 2 aromatic carbocycles. The molecule has 0 saturated carbocycles. The van der Waals surface area contributed by atoms with Crippen LogP contribution in [0.2, 0.25) is 0 Å². The first-order chi connectivity index (χ1) is 13.1. The summed E-state index contributed by atoms with van der Waals surface area (Å²) in [6, 6.07) is 10.2. The van der Waals surface area contributed by atoms with E-state index in [4.69, 9.17) is 14.5 Å². The van der Waals surface area contributed by atoms with E-state index in [0.29, 0.717) is 34.1 Å². The van der Waals surface area contributed by atoms with Crippen LogP contribution < -0.4 is 9.47 Å². The summed E-state index contributed by atoms with van der Waals surface area (Å²) >= 11 is 0. The van der Waals surface area contributed by atoms with E-state index >= 15 is 0 Å². The van der Waals surface area contributed by atoms with Crippen molar-refractivity contribution in [2.75, 3.05) is 14.2 Å². The molecule has 0 amide bonds. The lowest BCUT2D eigenvalue weighted by atomic mass is 10.0. The van der Waals surface area contributed by atoms with Crippen molar-refractivity contribution < 1.29 is 13.9 Å². The third kappa shape index (κ3) is 2.97. The normalized spacial score (nSPS) is 11.0. The number of benzene rings is 2. The number of aryl methyl sites for hydroxylation is 1. The maximum absolute atomic E-state index is 13.4. The van der Waals surface area contributed by atoms with Crippen LogP contribution in [0.3, 0.4) is 0 Å². The van der Waals surface area contributed by atoms with Gasteiger partial charge in [-0.1, -0.05) is 0 Å². The van der Waals surface area contributed by atoms with Crippen LogP contribution in [0.15, 0.2) is 42.6 Å². The van der Waals surface area contributed by atoms with Crippen LogP contribution in [-0.4, -0.2) is 34.4 Å². The molecule has 0 aliphatic carbocycles. The number of H-pyrrole nitrogens is 1. The predicted octanol–water partition coefficient (Wildman–Crippen LogP) is 4.15. The highest BCUT2D eigenvalue weighted by Gasteiger charge is 2.15. The number of aromatic amines is 1. The number of ether oxygens (including phenoxy) is 2. The van der Waals surface area contributed by atoms with Crippen LogP contribution in [0.4, 0.5) is 4.39 Å². The van der Waals surface area contributed by atoms with E-state index in [1.165, 1.54) is 12.1 Å². The Morgan fingerprint density at radius 2 is 1.81 bits per heavy atom. The topological polar surface area (TPSA) is 72.9 Å². The average Bonchev–Trinajstić information content (AvgIpc) is 3.10. The molecule has 4 aromatic rings. The largest absolute Gasteiger partial charge is 0.493 e. The zero-order chi connectivity index (χ0) is 19.0. The lowest BCUT2D eigenvalue weighted by Crippen LogP contribution is -1.93. The molecule has 136 valence electrons. The van der Waals surface area contributed by atoms with Gasteiger partial charge in [-0.25, -0.2) is 14.4 Å². The number of rotatable bonds is 4. The molecule has 0 aliphatic rings. The summed E-state index contributed by atoms with van der Waals surface area (Å²) in [5.41, 5.74) is 4.96. The van der Waals surface area contributed by atoms with Crippen molar-refractivity contribution in [1.82, 2.24) is 20.2 Å². The van der Waals surface area contributed by atoms with E-state index in [2.05, 4.69) is 15.2 Å². The van der Waals surface area contributed by atoms with Gasteiger partial charge in [0.25, 0.3) is 0 Å². The minimum Gasteiger partial charge on any atom is -0.493 e. The molecule has 0 spiro atoms. The highest BCUT2D eigenvalue weighted by molar-refractivity contribution is 5.89. The van der Waals surface area contributed by atoms with Gasteiger partial charge in [0.2, 0.25) is 0 Å². The van der Waals surface area contributed by atoms with Gasteiger partial charge in [-0.05, 0) is 48.9 Å². The van der Waals surface area contributed by atoms with Crippen molar-refractivity contribution >= 4 is 11.2 Å². The van der Waals surface area contributed by atoms with Crippen LogP contribution in [0, 0.1) is 12.7 Å². The zero-order valence-electron chi connectivity index (χ0n) is 15.1. The minimum atomic E-state index is -0.280. The molecule has 4 rings (SSSR count).